The van der Waals surface area contributed by atoms with E-state index < -0.39 is 0 Å². The molecule has 4 aromatic heterocycles. The minimum atomic E-state index is 0.400. The van der Waals surface area contributed by atoms with Crippen molar-refractivity contribution in [1.82, 2.24) is 19.9 Å². The lowest BCUT2D eigenvalue weighted by Gasteiger charge is -2.08. The Labute approximate surface area is 394 Å². The first-order chi connectivity index (χ1) is 31.7. The second-order valence-electron chi connectivity index (χ2n) is 18.4. The molecule has 10 rings (SSSR count). The lowest BCUT2D eigenvalue weighted by atomic mass is 9.96. The molecule has 0 unspecified atom stereocenters. The summed E-state index contributed by atoms with van der Waals surface area (Å²) in [6.45, 7) is 26.0. The summed E-state index contributed by atoms with van der Waals surface area (Å²) < 4.78 is 12.8. The molecule has 0 bridgehead atoms. The summed E-state index contributed by atoms with van der Waals surface area (Å²) in [5, 5.41) is 14.4. The number of nitrogens with zero attached hydrogens (tertiary/aromatic N) is 3. The molecule has 6 aromatic carbocycles. The molecule has 10 aromatic rings. The monoisotopic (exact) mass is 881 g/mol. The van der Waals surface area contributed by atoms with Gasteiger partial charge < -0.3 is 13.9 Å². The molecule has 0 amide bonds. The van der Waals surface area contributed by atoms with Crippen LogP contribution in [0.3, 0.4) is 0 Å². The summed E-state index contributed by atoms with van der Waals surface area (Å²) in [6, 6.07) is 56.8. The normalized spacial score (nSPS) is 10.9. The van der Waals surface area contributed by atoms with Crippen LogP contribution in [0.5, 0.6) is 0 Å². The number of aromatic nitrogens is 4. The predicted molar refractivity (Wildman–Crippen MR) is 282 cm³/mol. The van der Waals surface area contributed by atoms with E-state index in [0.29, 0.717) is 35.6 Å². The molecule has 344 valence electrons. The first kappa shape index (κ1) is 50.3. The van der Waals surface area contributed by atoms with Gasteiger partial charge in [-0.1, -0.05) is 196 Å². The molecule has 66 heavy (non-hydrogen) atoms. The highest BCUT2D eigenvalue weighted by Crippen LogP contribution is 2.27. The fourth-order valence-corrected chi connectivity index (χ4v) is 7.20. The van der Waals surface area contributed by atoms with Gasteiger partial charge in [-0.25, -0.2) is 0 Å². The lowest BCUT2D eigenvalue weighted by molar-refractivity contribution is 0.378. The number of benzene rings is 6. The number of para-hydroxylation sites is 2. The average molecular weight is 881 g/mol. The van der Waals surface area contributed by atoms with Crippen LogP contribution in [0, 0.1) is 0 Å². The summed E-state index contributed by atoms with van der Waals surface area (Å²) in [5.74, 6) is 4.76. The van der Waals surface area contributed by atoms with Crippen molar-refractivity contribution in [3.63, 3.8) is 0 Å². The number of furan rings is 1. The number of nitrogens with one attached hydrogen (secondary N) is 1. The van der Waals surface area contributed by atoms with Gasteiger partial charge in [-0.15, -0.1) is 0 Å². The molecular weight excluding hydrogens is 809 g/mol. The second-order valence-corrected chi connectivity index (χ2v) is 18.4. The SMILES string of the molecule is CC(C)c1cc2ccccc2[nH]1.CC(C)c1cc2ccccc2o1.CC(C)c1cccc2ccccc12.CC(C)c1ccccc1.CC(C)c1onc2ccccc12.CC(C)n1cccn1. The molecular formula is C60H72N4O2. The molecule has 0 spiro atoms. The maximum absolute atomic E-state index is 5.63. The van der Waals surface area contributed by atoms with Crippen molar-refractivity contribution in [3.8, 4) is 0 Å². The molecule has 0 aliphatic carbocycles. The van der Waals surface area contributed by atoms with Crippen molar-refractivity contribution in [2.24, 2.45) is 0 Å². The summed E-state index contributed by atoms with van der Waals surface area (Å²) in [5.41, 5.74) is 7.34. The second kappa shape index (κ2) is 25.1. The number of fused-ring (bicyclic) bond motifs is 4. The van der Waals surface area contributed by atoms with Crippen molar-refractivity contribution in [2.45, 2.75) is 119 Å². The molecule has 4 heterocycles. The van der Waals surface area contributed by atoms with Gasteiger partial charge in [-0.05, 0) is 101 Å². The Bertz CT molecular complexity index is 2730. The Kier molecular flexibility index (Phi) is 19.2. The summed E-state index contributed by atoms with van der Waals surface area (Å²) in [4.78, 5) is 3.40. The van der Waals surface area contributed by atoms with Crippen LogP contribution < -0.4 is 0 Å². The van der Waals surface area contributed by atoms with Crippen molar-refractivity contribution >= 4 is 43.5 Å². The Morgan fingerprint density at radius 3 is 1.65 bits per heavy atom. The number of rotatable bonds is 6. The predicted octanol–water partition coefficient (Wildman–Crippen LogP) is 18.0. The number of hydrogen-bond acceptors (Lipinski definition) is 4. The van der Waals surface area contributed by atoms with E-state index in [9.17, 15) is 0 Å². The van der Waals surface area contributed by atoms with Gasteiger partial charge in [0, 0.05) is 52.3 Å². The maximum Gasteiger partial charge on any atom is 0.147 e. The smallest absolute Gasteiger partial charge is 0.147 e. The lowest BCUT2D eigenvalue weighted by Crippen LogP contribution is -1.99. The highest BCUT2D eigenvalue weighted by molar-refractivity contribution is 5.86. The van der Waals surface area contributed by atoms with Gasteiger partial charge in [0.15, 0.2) is 0 Å². The molecule has 0 aliphatic heterocycles. The van der Waals surface area contributed by atoms with Gasteiger partial charge in [-0.2, -0.15) is 5.10 Å². The van der Waals surface area contributed by atoms with Crippen molar-refractivity contribution < 1.29 is 8.94 Å². The van der Waals surface area contributed by atoms with Gasteiger partial charge in [0.1, 0.15) is 22.6 Å². The Morgan fingerprint density at radius 1 is 0.485 bits per heavy atom. The third-order valence-electron chi connectivity index (χ3n) is 11.1. The molecule has 0 aliphatic rings. The Hall–Kier alpha value is -6.66. The number of H-pyrrole nitrogens is 1. The first-order valence-corrected chi connectivity index (χ1v) is 23.7. The van der Waals surface area contributed by atoms with Gasteiger partial charge in [0.25, 0.3) is 0 Å². The molecule has 1 N–H and O–H groups in total. The van der Waals surface area contributed by atoms with E-state index in [-0.39, 0.29) is 0 Å². The van der Waals surface area contributed by atoms with Gasteiger partial charge >= 0.3 is 0 Å². The van der Waals surface area contributed by atoms with Gasteiger partial charge in [-0.3, -0.25) is 4.68 Å². The standard InChI is InChI=1S/C13H14.C11H13N.C11H12O.C10H11NO.C9H12.C6H10N2/c1-10(2)12-9-5-7-11-6-3-4-8-13(11)12;2*1-8(2)11-7-9-5-3-4-6-10(9)12-11;1-7(2)10-8-5-3-4-6-9(8)11-12-10;1-8(2)9-6-4-3-5-7-9;1-6(2)8-5-3-4-7-8/h3-10H,1-2H3;3-8,12H,1-2H3;3-8H,1-2H3;3-7H,1-2H3;3-8H,1-2H3;3-6H,1-2H3. The fourth-order valence-electron chi connectivity index (χ4n) is 7.20. The highest BCUT2D eigenvalue weighted by atomic mass is 16.5. The largest absolute Gasteiger partial charge is 0.461 e. The van der Waals surface area contributed by atoms with Crippen molar-refractivity contribution in [3.05, 3.63) is 205 Å². The van der Waals surface area contributed by atoms with E-state index in [1.807, 2.05) is 65.5 Å². The molecule has 0 saturated heterocycles. The van der Waals surface area contributed by atoms with Crippen molar-refractivity contribution in [1.29, 1.82) is 0 Å². The number of aromatic amines is 1. The summed E-state index contributed by atoms with van der Waals surface area (Å²) in [7, 11) is 0. The summed E-state index contributed by atoms with van der Waals surface area (Å²) in [6.07, 6.45) is 3.75. The van der Waals surface area contributed by atoms with Crippen LogP contribution in [0.1, 0.15) is 147 Å². The number of hydrogen-bond donors (Lipinski definition) is 1. The minimum Gasteiger partial charge on any atom is -0.461 e. The van der Waals surface area contributed by atoms with Gasteiger partial charge in [0.2, 0.25) is 0 Å². The van der Waals surface area contributed by atoms with E-state index in [1.165, 1.54) is 43.9 Å². The van der Waals surface area contributed by atoms with Crippen LogP contribution in [0.25, 0.3) is 43.5 Å². The quantitative estimate of drug-likeness (QED) is 0.181. The first-order valence-electron chi connectivity index (χ1n) is 23.7. The van der Waals surface area contributed by atoms with Crippen molar-refractivity contribution in [2.75, 3.05) is 0 Å². The van der Waals surface area contributed by atoms with Crippen LogP contribution in [-0.2, 0) is 0 Å². The molecule has 0 fully saturated rings. The fraction of sp³-hybridized carbons (Fsp3) is 0.300. The zero-order valence-corrected chi connectivity index (χ0v) is 41.4. The topological polar surface area (TPSA) is 72.8 Å². The zero-order chi connectivity index (χ0) is 47.6. The molecule has 0 atom stereocenters. The average Bonchev–Trinajstić information content (AvgIpc) is 4.17. The van der Waals surface area contributed by atoms with E-state index in [4.69, 9.17) is 8.94 Å². The van der Waals surface area contributed by atoms with Crippen LogP contribution >= 0.6 is 0 Å². The van der Waals surface area contributed by atoms with Gasteiger partial charge in [0.05, 0.1) is 0 Å². The Balaban J connectivity index is 0.000000150. The third-order valence-corrected chi connectivity index (χ3v) is 11.1. The van der Waals surface area contributed by atoms with E-state index in [0.717, 1.165) is 28.0 Å². The van der Waals surface area contributed by atoms with E-state index in [2.05, 4.69) is 208 Å². The molecule has 6 nitrogen and oxygen atoms in total. The highest BCUT2D eigenvalue weighted by Gasteiger charge is 2.10. The molecule has 6 heteroatoms. The van der Waals surface area contributed by atoms with Crippen LogP contribution in [-0.4, -0.2) is 19.9 Å². The van der Waals surface area contributed by atoms with Crippen LogP contribution in [0.15, 0.2) is 185 Å². The maximum atomic E-state index is 5.63. The third kappa shape index (κ3) is 14.7. The van der Waals surface area contributed by atoms with Crippen LogP contribution in [0.2, 0.25) is 0 Å². The van der Waals surface area contributed by atoms with Crippen LogP contribution in [0.4, 0.5) is 0 Å². The zero-order valence-electron chi connectivity index (χ0n) is 41.4. The Morgan fingerprint density at radius 2 is 1.09 bits per heavy atom. The summed E-state index contributed by atoms with van der Waals surface area (Å²) >= 11 is 0. The molecule has 0 radical (unpaired) electrons. The minimum absolute atomic E-state index is 0.400. The molecule has 0 saturated carbocycles. The van der Waals surface area contributed by atoms with E-state index in [1.54, 1.807) is 6.20 Å². The van der Waals surface area contributed by atoms with E-state index >= 15 is 0 Å².